The first-order valence-corrected chi connectivity index (χ1v) is 10.5. The van der Waals surface area contributed by atoms with Crippen LogP contribution in [-0.2, 0) is 9.59 Å². The first kappa shape index (κ1) is 18.9. The van der Waals surface area contributed by atoms with Crippen molar-refractivity contribution >= 4 is 44.9 Å². The molecule has 0 spiro atoms. The molecule has 0 fully saturated rings. The van der Waals surface area contributed by atoms with Crippen LogP contribution in [0, 0.1) is 11.8 Å². The van der Waals surface area contributed by atoms with Crippen LogP contribution in [0.5, 0.6) is 0 Å². The standard InChI is InChI=1S/C28H17N3O2/c32-27-25(26(28(33)30-27)31-15-14-20-8-4-5-9-24(20)31)22-17-29-23-13-12-19(16-21(22)23)11-10-18-6-2-1-3-7-18/h1-9,12-17,29H,(H,30,32,33). The number of carbonyl (C=O) groups is 2. The van der Waals surface area contributed by atoms with Crippen molar-refractivity contribution < 1.29 is 9.59 Å². The number of hydrogen-bond acceptors (Lipinski definition) is 2. The van der Waals surface area contributed by atoms with E-state index in [-0.39, 0.29) is 0 Å². The van der Waals surface area contributed by atoms with Crippen LogP contribution in [0.25, 0.3) is 33.1 Å². The molecule has 2 aromatic heterocycles. The molecule has 0 saturated carbocycles. The molecule has 6 rings (SSSR count). The van der Waals surface area contributed by atoms with E-state index in [1.807, 2.05) is 85.1 Å². The number of imide groups is 1. The van der Waals surface area contributed by atoms with E-state index in [0.29, 0.717) is 16.8 Å². The van der Waals surface area contributed by atoms with Crippen molar-refractivity contribution in [3.05, 3.63) is 108 Å². The van der Waals surface area contributed by atoms with Gasteiger partial charge in [0.15, 0.2) is 0 Å². The lowest BCUT2D eigenvalue weighted by Gasteiger charge is -2.07. The zero-order valence-corrected chi connectivity index (χ0v) is 17.4. The molecule has 2 N–H and O–H groups in total. The van der Waals surface area contributed by atoms with Crippen LogP contribution in [0.1, 0.15) is 16.7 Å². The van der Waals surface area contributed by atoms with E-state index in [1.165, 1.54) is 0 Å². The minimum atomic E-state index is -0.411. The molecule has 0 bridgehead atoms. The monoisotopic (exact) mass is 427 g/mol. The highest BCUT2D eigenvalue weighted by molar-refractivity contribution is 6.47. The zero-order chi connectivity index (χ0) is 22.4. The molecule has 2 amide bonds. The Morgan fingerprint density at radius 1 is 0.758 bits per heavy atom. The number of benzene rings is 3. The van der Waals surface area contributed by atoms with Crippen molar-refractivity contribution in [3.8, 4) is 11.8 Å². The van der Waals surface area contributed by atoms with Crippen LogP contribution < -0.4 is 5.32 Å². The summed E-state index contributed by atoms with van der Waals surface area (Å²) in [7, 11) is 0. The fraction of sp³-hybridized carbons (Fsp3) is 0. The molecule has 5 nitrogen and oxygen atoms in total. The summed E-state index contributed by atoms with van der Waals surface area (Å²) in [4.78, 5) is 29.0. The second-order valence-electron chi connectivity index (χ2n) is 7.83. The molecular weight excluding hydrogens is 410 g/mol. The molecule has 0 saturated heterocycles. The lowest BCUT2D eigenvalue weighted by molar-refractivity contribution is -0.122. The Morgan fingerprint density at radius 2 is 1.55 bits per heavy atom. The minimum Gasteiger partial charge on any atom is -0.361 e. The molecule has 3 aromatic carbocycles. The summed E-state index contributed by atoms with van der Waals surface area (Å²) in [6, 6.07) is 25.3. The van der Waals surface area contributed by atoms with Gasteiger partial charge in [0.2, 0.25) is 0 Å². The molecule has 0 atom stereocenters. The van der Waals surface area contributed by atoms with E-state index < -0.39 is 11.8 Å². The van der Waals surface area contributed by atoms with Gasteiger partial charge in [-0.1, -0.05) is 48.2 Å². The Morgan fingerprint density at radius 3 is 2.42 bits per heavy atom. The smallest absolute Gasteiger partial charge is 0.275 e. The molecule has 5 heteroatoms. The lowest BCUT2D eigenvalue weighted by atomic mass is 10.0. The van der Waals surface area contributed by atoms with Crippen LogP contribution >= 0.6 is 0 Å². The highest BCUT2D eigenvalue weighted by Gasteiger charge is 2.34. The van der Waals surface area contributed by atoms with Gasteiger partial charge >= 0.3 is 0 Å². The number of para-hydroxylation sites is 1. The van der Waals surface area contributed by atoms with E-state index in [0.717, 1.165) is 32.9 Å². The molecule has 5 aromatic rings. The number of aromatic amines is 1. The minimum absolute atomic E-state index is 0.322. The fourth-order valence-corrected chi connectivity index (χ4v) is 4.27. The van der Waals surface area contributed by atoms with E-state index in [2.05, 4.69) is 22.1 Å². The van der Waals surface area contributed by atoms with Crippen molar-refractivity contribution in [1.82, 2.24) is 14.9 Å². The maximum Gasteiger partial charge on any atom is 0.275 e. The predicted molar refractivity (Wildman–Crippen MR) is 129 cm³/mol. The third kappa shape index (κ3) is 3.13. The van der Waals surface area contributed by atoms with Crippen molar-refractivity contribution in [3.63, 3.8) is 0 Å². The second-order valence-corrected chi connectivity index (χ2v) is 7.83. The van der Waals surface area contributed by atoms with Gasteiger partial charge in [0, 0.05) is 40.0 Å². The van der Waals surface area contributed by atoms with Crippen molar-refractivity contribution in [2.45, 2.75) is 0 Å². The van der Waals surface area contributed by atoms with Gasteiger partial charge in [-0.15, -0.1) is 0 Å². The third-order valence-electron chi connectivity index (χ3n) is 5.82. The Hall–Kier alpha value is -4.82. The summed E-state index contributed by atoms with van der Waals surface area (Å²) in [6.07, 6.45) is 3.60. The Kier molecular flexibility index (Phi) is 4.24. The number of fused-ring (bicyclic) bond motifs is 2. The van der Waals surface area contributed by atoms with Crippen LogP contribution in [-0.4, -0.2) is 21.4 Å². The maximum atomic E-state index is 12.9. The normalized spacial score (nSPS) is 13.5. The van der Waals surface area contributed by atoms with Gasteiger partial charge < -0.3 is 9.55 Å². The summed E-state index contributed by atoms with van der Waals surface area (Å²) in [5.41, 5.74) is 4.83. The summed E-state index contributed by atoms with van der Waals surface area (Å²) in [5, 5.41) is 4.30. The molecular formula is C28H17N3O2. The number of hydrogen-bond donors (Lipinski definition) is 2. The quantitative estimate of drug-likeness (QED) is 0.321. The summed E-state index contributed by atoms with van der Waals surface area (Å²) < 4.78 is 1.78. The van der Waals surface area contributed by atoms with E-state index in [1.54, 1.807) is 10.8 Å². The molecule has 3 heterocycles. The maximum absolute atomic E-state index is 12.9. The topological polar surface area (TPSA) is 66.9 Å². The van der Waals surface area contributed by atoms with Crippen molar-refractivity contribution in [1.29, 1.82) is 0 Å². The molecule has 0 aliphatic carbocycles. The number of nitrogens with zero attached hydrogens (tertiary/aromatic N) is 1. The van der Waals surface area contributed by atoms with Gasteiger partial charge in [0.25, 0.3) is 11.8 Å². The summed E-state index contributed by atoms with van der Waals surface area (Å²) in [5.74, 6) is 5.54. The lowest BCUT2D eigenvalue weighted by Crippen LogP contribution is -2.23. The van der Waals surface area contributed by atoms with Gasteiger partial charge in [-0.3, -0.25) is 14.9 Å². The highest BCUT2D eigenvalue weighted by Crippen LogP contribution is 2.34. The van der Waals surface area contributed by atoms with E-state index in [4.69, 9.17) is 0 Å². The summed E-state index contributed by atoms with van der Waals surface area (Å²) in [6.45, 7) is 0. The van der Waals surface area contributed by atoms with Gasteiger partial charge in [-0.25, -0.2) is 0 Å². The third-order valence-corrected chi connectivity index (χ3v) is 5.82. The number of aromatic nitrogens is 2. The van der Waals surface area contributed by atoms with Crippen LogP contribution in [0.2, 0.25) is 0 Å². The molecule has 33 heavy (non-hydrogen) atoms. The number of carbonyl (C=O) groups excluding carboxylic acids is 2. The van der Waals surface area contributed by atoms with E-state index >= 15 is 0 Å². The van der Waals surface area contributed by atoms with Crippen LogP contribution in [0.3, 0.4) is 0 Å². The fourth-order valence-electron chi connectivity index (χ4n) is 4.27. The average Bonchev–Trinajstić information content (AvgIpc) is 3.52. The molecule has 0 radical (unpaired) electrons. The predicted octanol–water partition coefficient (Wildman–Crippen LogP) is 4.55. The first-order chi connectivity index (χ1) is 16.2. The SMILES string of the molecule is O=C1NC(=O)C(n2ccc3ccccc32)=C1c1c[nH]c2ccc(C#Cc3ccccc3)cc12. The summed E-state index contributed by atoms with van der Waals surface area (Å²) >= 11 is 0. The van der Waals surface area contributed by atoms with Crippen LogP contribution in [0.4, 0.5) is 0 Å². The molecule has 0 unspecified atom stereocenters. The number of amides is 2. The Labute approximate surface area is 189 Å². The van der Waals surface area contributed by atoms with Gasteiger partial charge in [0.05, 0.1) is 11.1 Å². The second kappa shape index (κ2) is 7.40. The number of H-pyrrole nitrogens is 1. The van der Waals surface area contributed by atoms with Crippen LogP contribution in [0.15, 0.2) is 91.3 Å². The van der Waals surface area contributed by atoms with E-state index in [9.17, 15) is 9.59 Å². The van der Waals surface area contributed by atoms with Crippen molar-refractivity contribution in [2.75, 3.05) is 0 Å². The zero-order valence-electron chi connectivity index (χ0n) is 17.4. The molecule has 1 aliphatic rings. The number of nitrogens with one attached hydrogen (secondary N) is 2. The van der Waals surface area contributed by atoms with Crippen molar-refractivity contribution in [2.24, 2.45) is 0 Å². The number of rotatable bonds is 2. The largest absolute Gasteiger partial charge is 0.361 e. The highest BCUT2D eigenvalue weighted by atomic mass is 16.2. The molecule has 156 valence electrons. The van der Waals surface area contributed by atoms with Gasteiger partial charge in [-0.2, -0.15) is 0 Å². The average molecular weight is 427 g/mol. The molecule has 1 aliphatic heterocycles. The first-order valence-electron chi connectivity index (χ1n) is 10.5. The Balaban J connectivity index is 1.53. The van der Waals surface area contributed by atoms with Gasteiger partial charge in [-0.05, 0) is 47.9 Å². The Bertz CT molecular complexity index is 1670. The van der Waals surface area contributed by atoms with Gasteiger partial charge in [0.1, 0.15) is 5.70 Å².